The predicted molar refractivity (Wildman–Crippen MR) is 57.0 cm³/mol. The third kappa shape index (κ3) is 2.27. The van der Waals surface area contributed by atoms with E-state index in [1.807, 2.05) is 10.9 Å². The van der Waals surface area contributed by atoms with Crippen molar-refractivity contribution in [2.45, 2.75) is 4.90 Å². The van der Waals surface area contributed by atoms with Crippen LogP contribution in [0.25, 0.3) is 0 Å². The van der Waals surface area contributed by atoms with E-state index in [2.05, 4.69) is 12.6 Å². The van der Waals surface area contributed by atoms with Gasteiger partial charge in [-0.15, -0.1) is 12.6 Å². The van der Waals surface area contributed by atoms with Crippen molar-refractivity contribution in [3.8, 4) is 0 Å². The molecule has 6 nitrogen and oxygen atoms in total. The first-order valence-electron chi connectivity index (χ1n) is 3.95. The average Bonchev–Trinajstić information content (AvgIpc) is 2.26. The summed E-state index contributed by atoms with van der Waals surface area (Å²) in [5, 5.41) is 0. The molecule has 0 fully saturated rings. The molecule has 0 heterocycles. The number of hydrogen-bond acceptors (Lipinski definition) is 5. The van der Waals surface area contributed by atoms with E-state index in [-0.39, 0.29) is 11.1 Å². The van der Waals surface area contributed by atoms with Crippen LogP contribution >= 0.6 is 12.6 Å². The molecule has 0 aliphatic heterocycles. The molecule has 1 aromatic rings. The van der Waals surface area contributed by atoms with E-state index < -0.39 is 11.8 Å². The topological polar surface area (TPSA) is 110 Å². The molecule has 1 rings (SSSR count). The highest BCUT2D eigenvalue weighted by molar-refractivity contribution is 7.80. The third-order valence-corrected chi connectivity index (χ3v) is 2.15. The van der Waals surface area contributed by atoms with Crippen molar-refractivity contribution in [3.05, 3.63) is 29.3 Å². The summed E-state index contributed by atoms with van der Waals surface area (Å²) in [5.74, 6) is 8.79. The highest BCUT2D eigenvalue weighted by Gasteiger charge is 2.18. The molecule has 0 aliphatic carbocycles. The molecule has 0 bridgehead atoms. The first kappa shape index (κ1) is 11.5. The molecule has 80 valence electrons. The molecule has 0 atom stereocenters. The van der Waals surface area contributed by atoms with E-state index >= 15 is 0 Å². The first-order chi connectivity index (χ1) is 7.11. The first-order valence-corrected chi connectivity index (χ1v) is 4.40. The molecular formula is C8H10N4O2S. The van der Waals surface area contributed by atoms with Gasteiger partial charge in [0.2, 0.25) is 0 Å². The highest BCUT2D eigenvalue weighted by Crippen LogP contribution is 2.18. The van der Waals surface area contributed by atoms with E-state index in [1.165, 1.54) is 6.07 Å². The third-order valence-electron chi connectivity index (χ3n) is 1.78. The molecule has 0 saturated heterocycles. The smallest absolute Gasteiger partial charge is 0.267 e. The van der Waals surface area contributed by atoms with E-state index in [1.54, 1.807) is 12.1 Å². The Labute approximate surface area is 91.4 Å². The zero-order valence-electron chi connectivity index (χ0n) is 7.65. The number of nitrogen functional groups attached to an aromatic ring is 2. The zero-order chi connectivity index (χ0) is 11.4. The van der Waals surface area contributed by atoms with Crippen LogP contribution in [0.4, 0.5) is 0 Å². The van der Waals surface area contributed by atoms with Crippen molar-refractivity contribution >= 4 is 24.4 Å². The monoisotopic (exact) mass is 226 g/mol. The maximum Gasteiger partial charge on any atom is 0.267 e. The van der Waals surface area contributed by atoms with Crippen LogP contribution in [0.2, 0.25) is 0 Å². The Hall–Kier alpha value is -1.57. The van der Waals surface area contributed by atoms with E-state index in [9.17, 15) is 9.59 Å². The Bertz CT molecular complexity index is 408. The number of hydrogen-bond donors (Lipinski definition) is 5. The average molecular weight is 226 g/mol. The summed E-state index contributed by atoms with van der Waals surface area (Å²) < 4.78 is 0. The lowest BCUT2D eigenvalue weighted by Crippen LogP contribution is -2.35. The van der Waals surface area contributed by atoms with Crippen LogP contribution in [0, 0.1) is 0 Å². The van der Waals surface area contributed by atoms with Crippen LogP contribution in [0.5, 0.6) is 0 Å². The number of benzene rings is 1. The van der Waals surface area contributed by atoms with Crippen LogP contribution in [0.3, 0.4) is 0 Å². The Morgan fingerprint density at radius 2 is 1.73 bits per heavy atom. The minimum atomic E-state index is -0.598. The van der Waals surface area contributed by atoms with Crippen molar-refractivity contribution in [2.24, 2.45) is 11.7 Å². The van der Waals surface area contributed by atoms with Crippen LogP contribution in [0.1, 0.15) is 20.7 Å². The van der Waals surface area contributed by atoms with Gasteiger partial charge < -0.3 is 0 Å². The van der Waals surface area contributed by atoms with Crippen LogP contribution in [-0.2, 0) is 0 Å². The van der Waals surface area contributed by atoms with Crippen molar-refractivity contribution in [1.82, 2.24) is 10.9 Å². The highest BCUT2D eigenvalue weighted by atomic mass is 32.1. The Morgan fingerprint density at radius 1 is 1.13 bits per heavy atom. The fourth-order valence-corrected chi connectivity index (χ4v) is 1.43. The van der Waals surface area contributed by atoms with Gasteiger partial charge in [-0.25, -0.2) is 11.7 Å². The fraction of sp³-hybridized carbons (Fsp3) is 0. The maximum absolute atomic E-state index is 11.4. The summed E-state index contributed by atoms with van der Waals surface area (Å²) in [6.45, 7) is 0. The minimum absolute atomic E-state index is 0.0892. The predicted octanol–water partition coefficient (Wildman–Crippen LogP) is -0.818. The van der Waals surface area contributed by atoms with Gasteiger partial charge in [0.05, 0.1) is 11.1 Å². The number of nitrogens with two attached hydrogens (primary N) is 2. The van der Waals surface area contributed by atoms with Gasteiger partial charge in [-0.2, -0.15) is 0 Å². The summed E-state index contributed by atoms with van der Waals surface area (Å²) in [6, 6.07) is 4.60. The summed E-state index contributed by atoms with van der Waals surface area (Å²) in [4.78, 5) is 23.0. The SMILES string of the molecule is NNC(=O)c1cccc(S)c1C(=O)NN. The molecule has 15 heavy (non-hydrogen) atoms. The zero-order valence-corrected chi connectivity index (χ0v) is 8.54. The maximum atomic E-state index is 11.4. The van der Waals surface area contributed by atoms with Gasteiger partial charge in [0, 0.05) is 4.90 Å². The molecule has 0 unspecified atom stereocenters. The van der Waals surface area contributed by atoms with Gasteiger partial charge in [0.1, 0.15) is 0 Å². The summed E-state index contributed by atoms with van der Waals surface area (Å²) in [7, 11) is 0. The van der Waals surface area contributed by atoms with Gasteiger partial charge in [-0.3, -0.25) is 20.4 Å². The molecule has 2 amide bonds. The lowest BCUT2D eigenvalue weighted by atomic mass is 10.1. The van der Waals surface area contributed by atoms with Crippen molar-refractivity contribution in [3.63, 3.8) is 0 Å². The second-order valence-electron chi connectivity index (χ2n) is 2.65. The van der Waals surface area contributed by atoms with E-state index in [0.29, 0.717) is 4.90 Å². The number of rotatable bonds is 2. The lowest BCUT2D eigenvalue weighted by molar-refractivity contribution is 0.0917. The van der Waals surface area contributed by atoms with Gasteiger partial charge >= 0.3 is 0 Å². The number of thiol groups is 1. The summed E-state index contributed by atoms with van der Waals surface area (Å²) in [6.07, 6.45) is 0. The second-order valence-corrected chi connectivity index (χ2v) is 3.13. The number of carbonyl (C=O) groups is 2. The largest absolute Gasteiger partial charge is 0.290 e. The van der Waals surface area contributed by atoms with Crippen LogP contribution < -0.4 is 22.5 Å². The van der Waals surface area contributed by atoms with E-state index in [0.717, 1.165) is 0 Å². The Morgan fingerprint density at radius 3 is 2.27 bits per heavy atom. The van der Waals surface area contributed by atoms with Gasteiger partial charge in [-0.1, -0.05) is 6.07 Å². The van der Waals surface area contributed by atoms with Gasteiger partial charge in [0.25, 0.3) is 11.8 Å². The second kappa shape index (κ2) is 4.78. The molecule has 0 saturated carbocycles. The van der Waals surface area contributed by atoms with Crippen molar-refractivity contribution in [1.29, 1.82) is 0 Å². The van der Waals surface area contributed by atoms with Crippen LogP contribution in [0.15, 0.2) is 23.1 Å². The Kier molecular flexibility index (Phi) is 3.67. The molecule has 6 N–H and O–H groups in total. The number of nitrogens with one attached hydrogen (secondary N) is 2. The molecule has 0 aliphatic rings. The molecular weight excluding hydrogens is 216 g/mol. The van der Waals surface area contributed by atoms with Gasteiger partial charge in [-0.05, 0) is 12.1 Å². The summed E-state index contributed by atoms with van der Waals surface area (Å²) in [5.41, 5.74) is 4.07. The molecule has 0 radical (unpaired) electrons. The summed E-state index contributed by atoms with van der Waals surface area (Å²) >= 11 is 4.06. The lowest BCUT2D eigenvalue weighted by Gasteiger charge is -2.08. The molecule has 0 spiro atoms. The minimum Gasteiger partial charge on any atom is -0.290 e. The number of amides is 2. The molecule has 1 aromatic carbocycles. The van der Waals surface area contributed by atoms with Gasteiger partial charge in [0.15, 0.2) is 0 Å². The Balaban J connectivity index is 3.32. The van der Waals surface area contributed by atoms with E-state index in [4.69, 9.17) is 11.7 Å². The number of hydrazine groups is 2. The fourth-order valence-electron chi connectivity index (χ4n) is 1.12. The van der Waals surface area contributed by atoms with Crippen molar-refractivity contribution < 1.29 is 9.59 Å². The van der Waals surface area contributed by atoms with Crippen LogP contribution in [-0.4, -0.2) is 11.8 Å². The standard InChI is InChI=1S/C8H10N4O2S/c9-11-7(13)4-2-1-3-5(15)6(4)8(14)12-10/h1-3,15H,9-10H2,(H,11,13)(H,12,14). The quantitative estimate of drug-likeness (QED) is 0.196. The normalized spacial score (nSPS) is 9.53. The van der Waals surface area contributed by atoms with Crippen molar-refractivity contribution in [2.75, 3.05) is 0 Å². The molecule has 7 heteroatoms. The number of carbonyl (C=O) groups excluding carboxylic acids is 2. The molecule has 0 aromatic heterocycles.